The summed E-state index contributed by atoms with van der Waals surface area (Å²) in [5.41, 5.74) is 12.1. The predicted molar refractivity (Wildman–Crippen MR) is 111 cm³/mol. The van der Waals surface area contributed by atoms with Gasteiger partial charge in [0.05, 0.1) is 0 Å². The van der Waals surface area contributed by atoms with Gasteiger partial charge in [-0.15, -0.1) is 24.0 Å². The molecule has 1 aromatic carbocycles. The number of aryl methyl sites for hydroxylation is 2. The van der Waals surface area contributed by atoms with E-state index in [9.17, 15) is 0 Å². The van der Waals surface area contributed by atoms with Crippen LogP contribution in [-0.4, -0.2) is 17.5 Å². The summed E-state index contributed by atoms with van der Waals surface area (Å²) in [6.45, 7) is 2.64. The molecule has 1 aliphatic rings. The third kappa shape index (κ3) is 4.93. The lowest BCUT2D eigenvalue weighted by atomic mass is 9.90. The highest BCUT2D eigenvalue weighted by Gasteiger charge is 2.12. The van der Waals surface area contributed by atoms with Crippen molar-refractivity contribution < 1.29 is 0 Å². The molecule has 0 aliphatic heterocycles. The molecule has 5 heteroatoms. The van der Waals surface area contributed by atoms with Crippen molar-refractivity contribution >= 4 is 35.6 Å². The highest BCUT2D eigenvalue weighted by atomic mass is 127. The summed E-state index contributed by atoms with van der Waals surface area (Å²) in [7, 11) is 0. The smallest absolute Gasteiger partial charge is 0.193 e. The van der Waals surface area contributed by atoms with Gasteiger partial charge in [0.1, 0.15) is 0 Å². The topological polar surface area (TPSA) is 63.3 Å². The Morgan fingerprint density at radius 2 is 1.96 bits per heavy atom. The molecule has 1 aliphatic carbocycles. The van der Waals surface area contributed by atoms with Gasteiger partial charge >= 0.3 is 0 Å². The minimum absolute atomic E-state index is 0. The average molecular weight is 436 g/mol. The van der Waals surface area contributed by atoms with Crippen LogP contribution in [-0.2, 0) is 19.3 Å². The van der Waals surface area contributed by atoms with E-state index in [0.717, 1.165) is 29.9 Å². The molecule has 0 radical (unpaired) electrons. The van der Waals surface area contributed by atoms with Gasteiger partial charge in [-0.3, -0.25) is 9.98 Å². The standard InChI is InChI=1S/C19H24N4.HI/c1-14-6-4-9-16(22-14)12-13-21-19(20)23-18-11-5-8-15-7-2-3-10-17(15)18;/h4-6,8-9,11H,2-3,7,10,12-13H2,1H3,(H3,20,21,23);1H. The molecule has 0 amide bonds. The first kappa shape index (κ1) is 18.7. The van der Waals surface area contributed by atoms with Crippen LogP contribution in [0.5, 0.6) is 0 Å². The van der Waals surface area contributed by atoms with Crippen LogP contribution >= 0.6 is 24.0 Å². The Kier molecular flexibility index (Phi) is 7.02. The molecule has 2 aromatic rings. The van der Waals surface area contributed by atoms with Crippen LogP contribution in [0.1, 0.15) is 35.4 Å². The third-order valence-corrected chi connectivity index (χ3v) is 4.25. The van der Waals surface area contributed by atoms with Gasteiger partial charge in [-0.05, 0) is 61.9 Å². The van der Waals surface area contributed by atoms with Crippen molar-refractivity contribution in [1.29, 1.82) is 0 Å². The van der Waals surface area contributed by atoms with Crippen molar-refractivity contribution in [3.63, 3.8) is 0 Å². The summed E-state index contributed by atoms with van der Waals surface area (Å²) < 4.78 is 0. The van der Waals surface area contributed by atoms with E-state index in [0.29, 0.717) is 12.5 Å². The van der Waals surface area contributed by atoms with Crippen molar-refractivity contribution in [3.05, 3.63) is 58.9 Å². The van der Waals surface area contributed by atoms with Gasteiger partial charge in [-0.2, -0.15) is 0 Å². The number of aromatic nitrogens is 1. The van der Waals surface area contributed by atoms with Gasteiger partial charge in [-0.1, -0.05) is 18.2 Å². The first-order valence-electron chi connectivity index (χ1n) is 8.32. The summed E-state index contributed by atoms with van der Waals surface area (Å²) >= 11 is 0. The second kappa shape index (κ2) is 9.01. The number of benzene rings is 1. The zero-order valence-electron chi connectivity index (χ0n) is 14.1. The number of hydrogen-bond acceptors (Lipinski definition) is 2. The Bertz CT molecular complexity index is 712. The molecule has 0 spiro atoms. The average Bonchev–Trinajstić information content (AvgIpc) is 2.55. The Morgan fingerprint density at radius 3 is 2.79 bits per heavy atom. The maximum atomic E-state index is 6.05. The number of pyridine rings is 1. The monoisotopic (exact) mass is 436 g/mol. The van der Waals surface area contributed by atoms with Gasteiger partial charge in [0.15, 0.2) is 5.96 Å². The first-order valence-corrected chi connectivity index (χ1v) is 8.32. The second-order valence-electron chi connectivity index (χ2n) is 6.06. The fraction of sp³-hybridized carbons (Fsp3) is 0.368. The van der Waals surface area contributed by atoms with Gasteiger partial charge in [0, 0.05) is 30.0 Å². The number of hydrogen-bond donors (Lipinski definition) is 2. The van der Waals surface area contributed by atoms with Crippen LogP contribution in [0.4, 0.5) is 5.69 Å². The van der Waals surface area contributed by atoms with Crippen molar-refractivity contribution in [2.24, 2.45) is 10.7 Å². The van der Waals surface area contributed by atoms with E-state index in [1.807, 2.05) is 25.1 Å². The summed E-state index contributed by atoms with van der Waals surface area (Å²) in [4.78, 5) is 8.92. The Balaban J connectivity index is 0.00000208. The zero-order chi connectivity index (χ0) is 16.1. The van der Waals surface area contributed by atoms with Crippen LogP contribution < -0.4 is 11.1 Å². The molecule has 4 nitrogen and oxygen atoms in total. The van der Waals surface area contributed by atoms with Gasteiger partial charge in [0.25, 0.3) is 0 Å². The second-order valence-corrected chi connectivity index (χ2v) is 6.06. The van der Waals surface area contributed by atoms with E-state index in [1.54, 1.807) is 0 Å². The van der Waals surface area contributed by atoms with E-state index < -0.39 is 0 Å². The number of halogens is 1. The number of nitrogens with one attached hydrogen (secondary N) is 1. The molecule has 0 bridgehead atoms. The molecule has 0 atom stereocenters. The Hall–Kier alpha value is -1.63. The Labute approximate surface area is 161 Å². The molecular formula is C19H25IN4. The molecule has 0 fully saturated rings. The van der Waals surface area contributed by atoms with Crippen molar-refractivity contribution in [1.82, 2.24) is 4.98 Å². The van der Waals surface area contributed by atoms with Gasteiger partial charge in [0.2, 0.25) is 0 Å². The number of guanidine groups is 1. The third-order valence-electron chi connectivity index (χ3n) is 4.25. The highest BCUT2D eigenvalue weighted by molar-refractivity contribution is 14.0. The maximum Gasteiger partial charge on any atom is 0.193 e. The lowest BCUT2D eigenvalue weighted by molar-refractivity contribution is 0.687. The first-order chi connectivity index (χ1) is 11.2. The molecular weight excluding hydrogens is 411 g/mol. The highest BCUT2D eigenvalue weighted by Crippen LogP contribution is 2.27. The van der Waals surface area contributed by atoms with Crippen LogP contribution in [0.2, 0.25) is 0 Å². The van der Waals surface area contributed by atoms with Gasteiger partial charge < -0.3 is 11.1 Å². The number of rotatable bonds is 4. The normalized spacial score (nSPS) is 13.8. The fourth-order valence-corrected chi connectivity index (χ4v) is 3.11. The van der Waals surface area contributed by atoms with Crippen molar-refractivity contribution in [2.45, 2.75) is 39.0 Å². The maximum absolute atomic E-state index is 6.05. The fourth-order valence-electron chi connectivity index (χ4n) is 3.11. The minimum Gasteiger partial charge on any atom is -0.370 e. The molecule has 0 saturated carbocycles. The van der Waals surface area contributed by atoms with Crippen LogP contribution in [0.25, 0.3) is 0 Å². The van der Waals surface area contributed by atoms with Crippen LogP contribution in [0.15, 0.2) is 41.4 Å². The summed E-state index contributed by atoms with van der Waals surface area (Å²) in [6, 6.07) is 12.5. The number of nitrogens with zero attached hydrogens (tertiary/aromatic N) is 2. The largest absolute Gasteiger partial charge is 0.370 e. The van der Waals surface area contributed by atoms with E-state index in [1.165, 1.54) is 30.4 Å². The molecule has 24 heavy (non-hydrogen) atoms. The van der Waals surface area contributed by atoms with Crippen molar-refractivity contribution in [2.75, 3.05) is 11.9 Å². The predicted octanol–water partition coefficient (Wildman–Crippen LogP) is 3.86. The van der Waals surface area contributed by atoms with Crippen LogP contribution in [0.3, 0.4) is 0 Å². The molecule has 3 N–H and O–H groups in total. The van der Waals surface area contributed by atoms with Crippen molar-refractivity contribution in [3.8, 4) is 0 Å². The lowest BCUT2D eigenvalue weighted by Crippen LogP contribution is -2.24. The van der Waals surface area contributed by atoms with E-state index in [4.69, 9.17) is 5.73 Å². The van der Waals surface area contributed by atoms with E-state index in [-0.39, 0.29) is 24.0 Å². The molecule has 3 rings (SSSR count). The molecule has 1 heterocycles. The minimum atomic E-state index is 0. The number of aliphatic imine (C=N–C) groups is 1. The molecule has 0 unspecified atom stereocenters. The number of nitrogens with two attached hydrogens (primary N) is 1. The summed E-state index contributed by atoms with van der Waals surface area (Å²) in [5.74, 6) is 0.483. The molecule has 1 aromatic heterocycles. The quantitative estimate of drug-likeness (QED) is 0.435. The van der Waals surface area contributed by atoms with E-state index in [2.05, 4.69) is 33.5 Å². The van der Waals surface area contributed by atoms with Crippen LogP contribution in [0, 0.1) is 6.92 Å². The molecule has 0 saturated heterocycles. The Morgan fingerprint density at radius 1 is 1.17 bits per heavy atom. The van der Waals surface area contributed by atoms with Gasteiger partial charge in [-0.25, -0.2) is 0 Å². The van der Waals surface area contributed by atoms with E-state index >= 15 is 0 Å². The summed E-state index contributed by atoms with van der Waals surface area (Å²) in [6.07, 6.45) is 5.63. The summed E-state index contributed by atoms with van der Waals surface area (Å²) in [5, 5.41) is 3.28. The lowest BCUT2D eigenvalue weighted by Gasteiger charge is -2.19. The zero-order valence-corrected chi connectivity index (χ0v) is 16.4. The SMILES string of the molecule is Cc1cccc(CCN=C(N)Nc2cccc3c2CCCC3)n1.I. The number of fused-ring (bicyclic) bond motifs is 1. The molecule has 128 valence electrons. The number of anilines is 1.